The summed E-state index contributed by atoms with van der Waals surface area (Å²) in [5.74, 6) is 1.47. The van der Waals surface area contributed by atoms with Crippen LogP contribution < -0.4 is 20.1 Å². The summed E-state index contributed by atoms with van der Waals surface area (Å²) in [6, 6.07) is 5.71. The van der Waals surface area contributed by atoms with Gasteiger partial charge in [-0.15, -0.1) is 0 Å². The van der Waals surface area contributed by atoms with E-state index in [1.165, 1.54) is 0 Å². The number of benzene rings is 1. The monoisotopic (exact) mass is 311 g/mol. The molecule has 1 aromatic carbocycles. The van der Waals surface area contributed by atoms with Crippen LogP contribution in [0.15, 0.2) is 18.2 Å². The van der Waals surface area contributed by atoms with Gasteiger partial charge in [-0.25, -0.2) is 0 Å². The van der Waals surface area contributed by atoms with Crippen LogP contribution in [0.25, 0.3) is 0 Å². The third-order valence-electron chi connectivity index (χ3n) is 2.65. The predicted molar refractivity (Wildman–Crippen MR) is 91.6 cm³/mol. The van der Waals surface area contributed by atoms with Crippen molar-refractivity contribution in [2.24, 2.45) is 0 Å². The second-order valence-corrected chi connectivity index (χ2v) is 5.12. The number of likely N-dealkylation sites (N-methyl/N-ethyl adjacent to an activating group) is 1. The lowest BCUT2D eigenvalue weighted by atomic mass is 10.2. The van der Waals surface area contributed by atoms with Crippen molar-refractivity contribution in [1.29, 1.82) is 0 Å². The van der Waals surface area contributed by atoms with Gasteiger partial charge in [0, 0.05) is 24.8 Å². The third kappa shape index (κ3) is 6.64. The van der Waals surface area contributed by atoms with E-state index in [9.17, 15) is 0 Å². The number of hydrogen-bond donors (Lipinski definition) is 2. The fourth-order valence-corrected chi connectivity index (χ4v) is 1.92. The Balaban J connectivity index is 2.62. The number of hydrogen-bond acceptors (Lipinski definition) is 4. The number of nitrogens with zero attached hydrogens (tertiary/aromatic N) is 1. The van der Waals surface area contributed by atoms with E-state index in [-0.39, 0.29) is 0 Å². The van der Waals surface area contributed by atoms with E-state index in [1.807, 2.05) is 46.1 Å². The maximum Gasteiger partial charge on any atom is 0.170 e. The summed E-state index contributed by atoms with van der Waals surface area (Å²) in [6.45, 7) is 6.82. The molecule has 1 aromatic rings. The Morgan fingerprint density at radius 1 is 1.14 bits per heavy atom. The first-order valence-corrected chi connectivity index (χ1v) is 7.56. The molecular formula is C15H25N3O2S. The van der Waals surface area contributed by atoms with Crippen molar-refractivity contribution in [3.8, 4) is 11.5 Å². The Labute approximate surface area is 132 Å². The van der Waals surface area contributed by atoms with Crippen molar-refractivity contribution in [2.45, 2.75) is 13.8 Å². The van der Waals surface area contributed by atoms with Gasteiger partial charge in [-0.2, -0.15) is 0 Å². The third-order valence-corrected chi connectivity index (χ3v) is 2.89. The lowest BCUT2D eigenvalue weighted by molar-refractivity contribution is 0.288. The number of anilines is 1. The van der Waals surface area contributed by atoms with Crippen LogP contribution in [0.2, 0.25) is 0 Å². The minimum atomic E-state index is 0.592. The quantitative estimate of drug-likeness (QED) is 0.719. The lowest BCUT2D eigenvalue weighted by Gasteiger charge is -2.15. The molecule has 6 heteroatoms. The summed E-state index contributed by atoms with van der Waals surface area (Å²) in [5.41, 5.74) is 0.879. The maximum absolute atomic E-state index is 5.59. The molecule has 0 heterocycles. The highest BCUT2D eigenvalue weighted by Gasteiger charge is 2.07. The van der Waals surface area contributed by atoms with Gasteiger partial charge < -0.3 is 25.0 Å². The van der Waals surface area contributed by atoms with Crippen molar-refractivity contribution in [2.75, 3.05) is 45.7 Å². The van der Waals surface area contributed by atoms with E-state index in [2.05, 4.69) is 15.5 Å². The molecule has 1 rings (SSSR count). The molecule has 0 amide bonds. The van der Waals surface area contributed by atoms with Crippen molar-refractivity contribution in [1.82, 2.24) is 10.2 Å². The molecule has 0 aliphatic heterocycles. The number of ether oxygens (including phenoxy) is 2. The van der Waals surface area contributed by atoms with Gasteiger partial charge in [0.1, 0.15) is 0 Å². The zero-order chi connectivity index (χ0) is 15.7. The molecule has 0 saturated carbocycles. The average molecular weight is 311 g/mol. The van der Waals surface area contributed by atoms with E-state index in [4.69, 9.17) is 21.7 Å². The minimum Gasteiger partial charge on any atom is -0.490 e. The van der Waals surface area contributed by atoms with Gasteiger partial charge in [0.15, 0.2) is 16.6 Å². The Bertz CT molecular complexity index is 453. The van der Waals surface area contributed by atoms with Crippen LogP contribution in [0.5, 0.6) is 11.5 Å². The smallest absolute Gasteiger partial charge is 0.170 e. The van der Waals surface area contributed by atoms with E-state index in [1.54, 1.807) is 0 Å². The van der Waals surface area contributed by atoms with Gasteiger partial charge in [0.25, 0.3) is 0 Å². The molecule has 0 aromatic heterocycles. The van der Waals surface area contributed by atoms with Crippen LogP contribution in [0.4, 0.5) is 5.69 Å². The molecule has 2 N–H and O–H groups in total. The molecule has 118 valence electrons. The van der Waals surface area contributed by atoms with Crippen molar-refractivity contribution >= 4 is 23.0 Å². The Morgan fingerprint density at radius 2 is 1.81 bits per heavy atom. The molecule has 0 atom stereocenters. The molecule has 0 saturated heterocycles. The van der Waals surface area contributed by atoms with Gasteiger partial charge in [-0.05, 0) is 52.3 Å². The van der Waals surface area contributed by atoms with Crippen LogP contribution in [0.3, 0.4) is 0 Å². The normalized spacial score (nSPS) is 10.3. The molecule has 0 aliphatic rings. The molecular weight excluding hydrogens is 286 g/mol. The van der Waals surface area contributed by atoms with E-state index >= 15 is 0 Å². The van der Waals surface area contributed by atoms with Crippen LogP contribution in [-0.4, -0.2) is 50.4 Å². The van der Waals surface area contributed by atoms with Gasteiger partial charge in [-0.1, -0.05) is 0 Å². The molecule has 0 unspecified atom stereocenters. The van der Waals surface area contributed by atoms with Gasteiger partial charge >= 0.3 is 0 Å². The van der Waals surface area contributed by atoms with Crippen LogP contribution >= 0.6 is 12.2 Å². The largest absolute Gasteiger partial charge is 0.490 e. The number of rotatable bonds is 8. The summed E-state index contributed by atoms with van der Waals surface area (Å²) >= 11 is 5.27. The van der Waals surface area contributed by atoms with Crippen LogP contribution in [0.1, 0.15) is 13.8 Å². The molecule has 0 spiro atoms. The first-order chi connectivity index (χ1) is 10.1. The summed E-state index contributed by atoms with van der Waals surface area (Å²) in [7, 11) is 4.05. The standard InChI is InChI=1S/C15H25N3O2S/c1-5-19-13-8-7-12(11-14(13)20-6-2)17-15(21)16-9-10-18(3)4/h7-8,11H,5-6,9-10H2,1-4H3,(H2,16,17,21). The van der Waals surface area contributed by atoms with Gasteiger partial charge in [-0.3, -0.25) is 0 Å². The second-order valence-electron chi connectivity index (χ2n) is 4.71. The Kier molecular flexibility index (Phi) is 7.85. The fourth-order valence-electron chi connectivity index (χ4n) is 1.70. The lowest BCUT2D eigenvalue weighted by Crippen LogP contribution is -2.34. The zero-order valence-electron chi connectivity index (χ0n) is 13.2. The number of nitrogens with one attached hydrogen (secondary N) is 2. The summed E-state index contributed by atoms with van der Waals surface area (Å²) < 4.78 is 11.1. The SMILES string of the molecule is CCOc1ccc(NC(=S)NCCN(C)C)cc1OCC. The van der Waals surface area contributed by atoms with Crippen molar-refractivity contribution in [3.05, 3.63) is 18.2 Å². The van der Waals surface area contributed by atoms with E-state index < -0.39 is 0 Å². The molecule has 5 nitrogen and oxygen atoms in total. The molecule has 0 fully saturated rings. The second kappa shape index (κ2) is 9.41. The van der Waals surface area contributed by atoms with Crippen molar-refractivity contribution < 1.29 is 9.47 Å². The van der Waals surface area contributed by atoms with Crippen LogP contribution in [-0.2, 0) is 0 Å². The van der Waals surface area contributed by atoms with E-state index in [0.717, 1.165) is 30.3 Å². The maximum atomic E-state index is 5.59. The minimum absolute atomic E-state index is 0.592. The molecule has 0 aliphatic carbocycles. The highest BCUT2D eigenvalue weighted by molar-refractivity contribution is 7.80. The summed E-state index contributed by atoms with van der Waals surface area (Å²) in [4.78, 5) is 2.10. The topological polar surface area (TPSA) is 45.8 Å². The Hall–Kier alpha value is -1.53. The molecule has 0 bridgehead atoms. The van der Waals surface area contributed by atoms with E-state index in [0.29, 0.717) is 18.3 Å². The molecule has 21 heavy (non-hydrogen) atoms. The Morgan fingerprint density at radius 3 is 2.43 bits per heavy atom. The molecule has 0 radical (unpaired) electrons. The predicted octanol–water partition coefficient (Wildman–Crippen LogP) is 2.33. The van der Waals surface area contributed by atoms with Gasteiger partial charge in [0.05, 0.1) is 13.2 Å². The summed E-state index contributed by atoms with van der Waals surface area (Å²) in [5, 5.41) is 6.91. The highest BCUT2D eigenvalue weighted by Crippen LogP contribution is 2.30. The highest BCUT2D eigenvalue weighted by atomic mass is 32.1. The first kappa shape index (κ1) is 17.5. The average Bonchev–Trinajstić information content (AvgIpc) is 2.41. The fraction of sp³-hybridized carbons (Fsp3) is 0.533. The zero-order valence-corrected chi connectivity index (χ0v) is 14.0. The van der Waals surface area contributed by atoms with Gasteiger partial charge in [0.2, 0.25) is 0 Å². The number of thiocarbonyl (C=S) groups is 1. The summed E-state index contributed by atoms with van der Waals surface area (Å²) in [6.07, 6.45) is 0. The first-order valence-electron chi connectivity index (χ1n) is 7.16. The van der Waals surface area contributed by atoms with Crippen molar-refractivity contribution in [3.63, 3.8) is 0 Å². The van der Waals surface area contributed by atoms with Crippen LogP contribution in [0, 0.1) is 0 Å².